The Bertz CT molecular complexity index is 1000. The Labute approximate surface area is 159 Å². The van der Waals surface area contributed by atoms with Gasteiger partial charge in [0.2, 0.25) is 0 Å². The molecule has 0 N–H and O–H groups in total. The van der Waals surface area contributed by atoms with Crippen LogP contribution >= 0.6 is 11.6 Å². The largest absolute Gasteiger partial charge is 0.452 e. The van der Waals surface area contributed by atoms with Gasteiger partial charge in [0.05, 0.1) is 5.69 Å². The summed E-state index contributed by atoms with van der Waals surface area (Å²) in [6.07, 6.45) is 3.19. The highest BCUT2D eigenvalue weighted by molar-refractivity contribution is 6.31. The van der Waals surface area contributed by atoms with Crippen molar-refractivity contribution in [3.8, 4) is 0 Å². The third kappa shape index (κ3) is 3.90. The second-order valence-electron chi connectivity index (χ2n) is 5.87. The number of rotatable bonds is 5. The molecule has 0 saturated carbocycles. The zero-order valence-electron chi connectivity index (χ0n) is 14.6. The molecule has 7 nitrogen and oxygen atoms in total. The van der Waals surface area contributed by atoms with Crippen LogP contribution in [0.15, 0.2) is 36.7 Å². The van der Waals surface area contributed by atoms with Gasteiger partial charge in [0.25, 0.3) is 5.91 Å². The first-order valence-corrected chi connectivity index (χ1v) is 8.40. The van der Waals surface area contributed by atoms with Crippen LogP contribution in [0, 0.1) is 12.7 Å². The molecule has 0 saturated heterocycles. The predicted octanol–water partition coefficient (Wildman–Crippen LogP) is 2.65. The van der Waals surface area contributed by atoms with Gasteiger partial charge in [-0.1, -0.05) is 17.7 Å². The lowest BCUT2D eigenvalue weighted by Crippen LogP contribution is -2.31. The van der Waals surface area contributed by atoms with E-state index in [1.807, 2.05) is 0 Å². The normalized spacial score (nSPS) is 10.8. The number of carbonyl (C=O) groups excluding carboxylic acids is 2. The van der Waals surface area contributed by atoms with E-state index in [1.54, 1.807) is 25.3 Å². The minimum atomic E-state index is -0.702. The molecule has 0 unspecified atom stereocenters. The van der Waals surface area contributed by atoms with Crippen molar-refractivity contribution in [1.82, 2.24) is 19.5 Å². The monoisotopic (exact) mass is 390 g/mol. The summed E-state index contributed by atoms with van der Waals surface area (Å²) in [7, 11) is 1.47. The summed E-state index contributed by atoms with van der Waals surface area (Å²) in [6, 6.07) is 5.97. The molecular formula is C18H16ClFN4O3. The van der Waals surface area contributed by atoms with E-state index in [4.69, 9.17) is 16.3 Å². The van der Waals surface area contributed by atoms with E-state index in [-0.39, 0.29) is 22.7 Å². The van der Waals surface area contributed by atoms with E-state index in [0.717, 1.165) is 0 Å². The lowest BCUT2D eigenvalue weighted by Gasteiger charge is -2.18. The highest BCUT2D eigenvalue weighted by Crippen LogP contribution is 2.20. The molecule has 0 radical (unpaired) electrons. The Morgan fingerprint density at radius 2 is 2.11 bits per heavy atom. The van der Waals surface area contributed by atoms with Crippen molar-refractivity contribution in [2.24, 2.45) is 0 Å². The van der Waals surface area contributed by atoms with Gasteiger partial charge < -0.3 is 9.64 Å². The molecule has 0 spiro atoms. The van der Waals surface area contributed by atoms with Crippen molar-refractivity contribution in [3.63, 3.8) is 0 Å². The van der Waals surface area contributed by atoms with Gasteiger partial charge in [-0.2, -0.15) is 5.10 Å². The first-order chi connectivity index (χ1) is 12.9. The van der Waals surface area contributed by atoms with Crippen LogP contribution in [0.1, 0.15) is 21.6 Å². The van der Waals surface area contributed by atoms with Crippen LogP contribution in [0.25, 0.3) is 5.65 Å². The molecule has 9 heteroatoms. The molecule has 1 amide bonds. The van der Waals surface area contributed by atoms with Gasteiger partial charge in [-0.15, -0.1) is 0 Å². The molecule has 140 valence electrons. The third-order valence-corrected chi connectivity index (χ3v) is 4.34. The summed E-state index contributed by atoms with van der Waals surface area (Å²) in [4.78, 5) is 29.9. The van der Waals surface area contributed by atoms with Gasteiger partial charge in [0, 0.05) is 36.6 Å². The van der Waals surface area contributed by atoms with Crippen molar-refractivity contribution in [2.75, 3.05) is 13.7 Å². The van der Waals surface area contributed by atoms with E-state index < -0.39 is 24.3 Å². The molecule has 0 fully saturated rings. The summed E-state index contributed by atoms with van der Waals surface area (Å²) >= 11 is 5.97. The van der Waals surface area contributed by atoms with Gasteiger partial charge in [-0.3, -0.25) is 4.79 Å². The van der Waals surface area contributed by atoms with Crippen LogP contribution in [0.4, 0.5) is 4.39 Å². The molecule has 0 aliphatic carbocycles. The van der Waals surface area contributed by atoms with Crippen LogP contribution in [0.5, 0.6) is 0 Å². The van der Waals surface area contributed by atoms with E-state index in [1.165, 1.54) is 34.8 Å². The molecule has 3 rings (SSSR count). The number of aromatic nitrogens is 3. The average Bonchev–Trinajstić information content (AvgIpc) is 2.98. The van der Waals surface area contributed by atoms with Crippen LogP contribution < -0.4 is 0 Å². The second-order valence-corrected chi connectivity index (χ2v) is 6.28. The minimum Gasteiger partial charge on any atom is -0.452 e. The first kappa shape index (κ1) is 18.8. The lowest BCUT2D eigenvalue weighted by molar-refractivity contribution is -0.133. The number of halogens is 2. The Morgan fingerprint density at radius 1 is 1.33 bits per heavy atom. The Hall–Kier alpha value is -3.00. The standard InChI is InChI=1S/C18H16ClFN4O3/c1-11-16(17-21-7-4-8-24(17)22-11)18(26)27-10-15(25)23(2)9-12-13(19)5-3-6-14(12)20/h3-8H,9-10H2,1-2H3. The molecule has 1 aromatic carbocycles. The van der Waals surface area contributed by atoms with Crippen molar-refractivity contribution in [1.29, 1.82) is 0 Å². The van der Waals surface area contributed by atoms with Gasteiger partial charge in [0.15, 0.2) is 12.3 Å². The van der Waals surface area contributed by atoms with Crippen LogP contribution in [-0.4, -0.2) is 45.0 Å². The molecule has 27 heavy (non-hydrogen) atoms. The quantitative estimate of drug-likeness (QED) is 0.626. The fourth-order valence-corrected chi connectivity index (χ4v) is 2.78. The maximum atomic E-state index is 13.8. The number of hydrogen-bond acceptors (Lipinski definition) is 5. The summed E-state index contributed by atoms with van der Waals surface area (Å²) < 4.78 is 20.4. The predicted molar refractivity (Wildman–Crippen MR) is 95.9 cm³/mol. The van der Waals surface area contributed by atoms with E-state index in [0.29, 0.717) is 11.3 Å². The smallest absolute Gasteiger partial charge is 0.344 e. The number of carbonyl (C=O) groups is 2. The molecule has 0 aliphatic heterocycles. The summed E-state index contributed by atoms with van der Waals surface area (Å²) in [6.45, 7) is 1.11. The molecule has 3 aromatic rings. The van der Waals surface area contributed by atoms with E-state index >= 15 is 0 Å². The SMILES string of the molecule is Cc1nn2cccnc2c1C(=O)OCC(=O)N(C)Cc1c(F)cccc1Cl. The van der Waals surface area contributed by atoms with Crippen LogP contribution in [0.3, 0.4) is 0 Å². The Kier molecular flexibility index (Phi) is 5.36. The number of benzene rings is 1. The molecule has 0 atom stereocenters. The number of hydrogen-bond donors (Lipinski definition) is 0. The van der Waals surface area contributed by atoms with E-state index in [2.05, 4.69) is 10.1 Å². The summed E-state index contributed by atoms with van der Waals surface area (Å²) in [5, 5.41) is 4.40. The van der Waals surface area contributed by atoms with Crippen LogP contribution in [0.2, 0.25) is 5.02 Å². The number of ether oxygens (including phenoxy) is 1. The van der Waals surface area contributed by atoms with Crippen LogP contribution in [-0.2, 0) is 16.1 Å². The first-order valence-electron chi connectivity index (χ1n) is 8.02. The molecule has 2 aromatic heterocycles. The van der Waals surface area contributed by atoms with Crippen molar-refractivity contribution in [3.05, 3.63) is 64.3 Å². The highest BCUT2D eigenvalue weighted by Gasteiger charge is 2.22. The lowest BCUT2D eigenvalue weighted by atomic mass is 10.2. The van der Waals surface area contributed by atoms with Gasteiger partial charge in [0.1, 0.15) is 11.4 Å². The average molecular weight is 391 g/mol. The maximum absolute atomic E-state index is 13.8. The third-order valence-electron chi connectivity index (χ3n) is 3.98. The number of esters is 1. The Balaban J connectivity index is 1.66. The molecule has 0 bridgehead atoms. The minimum absolute atomic E-state index is 0.0425. The number of aryl methyl sites for hydroxylation is 1. The van der Waals surface area contributed by atoms with Gasteiger partial charge >= 0.3 is 5.97 Å². The zero-order valence-corrected chi connectivity index (χ0v) is 15.4. The maximum Gasteiger partial charge on any atom is 0.344 e. The molecule has 2 heterocycles. The summed E-state index contributed by atoms with van der Waals surface area (Å²) in [5.74, 6) is -1.70. The number of fused-ring (bicyclic) bond motifs is 1. The topological polar surface area (TPSA) is 76.8 Å². The van der Waals surface area contributed by atoms with Gasteiger partial charge in [-0.05, 0) is 25.1 Å². The van der Waals surface area contributed by atoms with Crippen molar-refractivity contribution < 1.29 is 18.7 Å². The zero-order chi connectivity index (χ0) is 19.6. The number of likely N-dealkylation sites (N-methyl/N-ethyl adjacent to an activating group) is 1. The number of nitrogens with zero attached hydrogens (tertiary/aromatic N) is 4. The van der Waals surface area contributed by atoms with Crippen molar-refractivity contribution in [2.45, 2.75) is 13.5 Å². The highest BCUT2D eigenvalue weighted by atomic mass is 35.5. The Morgan fingerprint density at radius 3 is 2.85 bits per heavy atom. The molecular weight excluding hydrogens is 375 g/mol. The second kappa shape index (κ2) is 7.71. The summed E-state index contributed by atoms with van der Waals surface area (Å²) in [5.41, 5.74) is 1.18. The van der Waals surface area contributed by atoms with E-state index in [9.17, 15) is 14.0 Å². The van der Waals surface area contributed by atoms with Crippen molar-refractivity contribution >= 4 is 29.1 Å². The molecule has 0 aliphatic rings. The number of amides is 1. The fraction of sp³-hybridized carbons (Fsp3) is 0.222. The van der Waals surface area contributed by atoms with Gasteiger partial charge in [-0.25, -0.2) is 18.7 Å². The fourth-order valence-electron chi connectivity index (χ4n) is 2.55.